The molecule has 3 aromatic heterocycles. The molecule has 0 spiro atoms. The van der Waals surface area contributed by atoms with Crippen molar-refractivity contribution in [1.82, 2.24) is 39.6 Å². The SMILES string of the molecule is CCCCc1cn(-c2c(CO)ccn2CC)c(=O)n1CC1(c2cccc(-c3nn[nH]n3)c2)C=CNC=C1. The maximum absolute atomic E-state index is 14.0. The number of benzene rings is 1. The fourth-order valence-corrected chi connectivity index (χ4v) is 4.97. The Morgan fingerprint density at radius 3 is 2.68 bits per heavy atom. The number of H-pyrrole nitrogens is 1. The number of rotatable bonds is 10. The van der Waals surface area contributed by atoms with E-state index in [9.17, 15) is 9.90 Å². The van der Waals surface area contributed by atoms with Gasteiger partial charge in [0.2, 0.25) is 5.82 Å². The smallest absolute Gasteiger partial charge is 0.334 e. The first-order valence-corrected chi connectivity index (χ1v) is 12.7. The Bertz CT molecular complexity index is 1440. The number of tetrazole rings is 1. The van der Waals surface area contributed by atoms with Crippen molar-refractivity contribution in [2.75, 3.05) is 0 Å². The summed E-state index contributed by atoms with van der Waals surface area (Å²) in [6.45, 7) is 5.16. The summed E-state index contributed by atoms with van der Waals surface area (Å²) in [4.78, 5) is 14.0. The van der Waals surface area contributed by atoms with Gasteiger partial charge in [0.25, 0.3) is 0 Å². The molecule has 1 aliphatic heterocycles. The molecule has 0 bridgehead atoms. The topological polar surface area (TPSA) is 119 Å². The molecule has 5 rings (SSSR count). The summed E-state index contributed by atoms with van der Waals surface area (Å²) in [6.07, 6.45) is 14.6. The molecular formula is C27H32N8O2. The lowest BCUT2D eigenvalue weighted by molar-refractivity contribution is 0.281. The quantitative estimate of drug-likeness (QED) is 0.308. The third kappa shape index (κ3) is 4.55. The number of aryl methyl sites for hydroxylation is 2. The van der Waals surface area contributed by atoms with Crippen LogP contribution in [0, 0.1) is 0 Å². The maximum atomic E-state index is 14.0. The lowest BCUT2D eigenvalue weighted by Gasteiger charge is -2.31. The Kier molecular flexibility index (Phi) is 6.91. The van der Waals surface area contributed by atoms with Gasteiger partial charge in [-0.2, -0.15) is 5.21 Å². The molecule has 0 saturated carbocycles. The van der Waals surface area contributed by atoms with Crippen LogP contribution in [0.3, 0.4) is 0 Å². The summed E-state index contributed by atoms with van der Waals surface area (Å²) >= 11 is 0. The molecule has 0 fully saturated rings. The van der Waals surface area contributed by atoms with Gasteiger partial charge in [0.1, 0.15) is 5.82 Å². The van der Waals surface area contributed by atoms with E-state index in [4.69, 9.17) is 0 Å². The van der Waals surface area contributed by atoms with Crippen molar-refractivity contribution in [2.24, 2.45) is 0 Å². The highest BCUT2D eigenvalue weighted by molar-refractivity contribution is 5.57. The zero-order chi connectivity index (χ0) is 25.8. The zero-order valence-corrected chi connectivity index (χ0v) is 21.1. The van der Waals surface area contributed by atoms with Crippen LogP contribution in [0.4, 0.5) is 0 Å². The van der Waals surface area contributed by atoms with E-state index < -0.39 is 5.41 Å². The van der Waals surface area contributed by atoms with E-state index in [0.717, 1.165) is 47.5 Å². The van der Waals surface area contributed by atoms with E-state index in [2.05, 4.69) is 51.1 Å². The maximum Gasteiger partial charge on any atom is 0.334 e. The molecule has 1 aliphatic rings. The number of nitrogens with one attached hydrogen (secondary N) is 2. The number of aromatic nitrogens is 7. The fourth-order valence-electron chi connectivity index (χ4n) is 4.97. The van der Waals surface area contributed by atoms with Crippen LogP contribution >= 0.6 is 0 Å². The molecule has 0 radical (unpaired) electrons. The molecule has 10 nitrogen and oxygen atoms in total. The number of aliphatic hydroxyl groups is 1. The number of hydrogen-bond donors (Lipinski definition) is 3. The van der Waals surface area contributed by atoms with Gasteiger partial charge in [-0.1, -0.05) is 43.7 Å². The van der Waals surface area contributed by atoms with E-state index in [1.165, 1.54) is 0 Å². The van der Waals surface area contributed by atoms with Crippen LogP contribution in [-0.2, 0) is 31.5 Å². The van der Waals surface area contributed by atoms with E-state index in [1.54, 1.807) is 4.57 Å². The molecule has 1 aromatic carbocycles. The Labute approximate surface area is 215 Å². The number of unbranched alkanes of at least 4 members (excludes halogenated alkanes) is 1. The van der Waals surface area contributed by atoms with E-state index in [-0.39, 0.29) is 12.3 Å². The van der Waals surface area contributed by atoms with Crippen molar-refractivity contribution in [1.29, 1.82) is 0 Å². The Balaban J connectivity index is 1.64. The number of dihydropyridines is 1. The van der Waals surface area contributed by atoms with Crippen LogP contribution in [0.1, 0.15) is 43.5 Å². The third-order valence-corrected chi connectivity index (χ3v) is 6.98. The standard InChI is InChI=1S/C27H32N8O2/c1-3-5-9-23-17-34(25-21(18-36)10-15-33(25)4-2)26(37)35(23)19-27(11-13-28-14-12-27)22-8-6-7-20(16-22)24-29-31-32-30-24/h6-8,10-17,28,36H,3-5,9,18-19H2,1-2H3,(H,29,30,31,32). The minimum Gasteiger partial charge on any atom is -0.392 e. The molecule has 0 aliphatic carbocycles. The van der Waals surface area contributed by atoms with Gasteiger partial charge < -0.3 is 15.0 Å². The predicted octanol–water partition coefficient (Wildman–Crippen LogP) is 3.04. The molecule has 37 heavy (non-hydrogen) atoms. The Hall–Kier alpha value is -4.18. The lowest BCUT2D eigenvalue weighted by atomic mass is 9.78. The third-order valence-electron chi connectivity index (χ3n) is 6.98. The molecule has 4 heterocycles. The van der Waals surface area contributed by atoms with Gasteiger partial charge >= 0.3 is 5.69 Å². The molecule has 0 unspecified atom stereocenters. The van der Waals surface area contributed by atoms with Gasteiger partial charge in [-0.05, 0) is 55.1 Å². The van der Waals surface area contributed by atoms with Crippen molar-refractivity contribution in [3.05, 3.63) is 94.6 Å². The highest BCUT2D eigenvalue weighted by Crippen LogP contribution is 2.33. The van der Waals surface area contributed by atoms with Crippen LogP contribution in [0.2, 0.25) is 0 Å². The van der Waals surface area contributed by atoms with Crippen molar-refractivity contribution in [3.63, 3.8) is 0 Å². The van der Waals surface area contributed by atoms with Gasteiger partial charge in [-0.15, -0.1) is 10.2 Å². The van der Waals surface area contributed by atoms with Gasteiger partial charge in [-0.25, -0.2) is 4.79 Å². The molecule has 0 saturated heterocycles. The summed E-state index contributed by atoms with van der Waals surface area (Å²) in [5.74, 6) is 1.23. The summed E-state index contributed by atoms with van der Waals surface area (Å²) < 4.78 is 5.57. The number of allylic oxidation sites excluding steroid dienone is 2. The van der Waals surface area contributed by atoms with E-state index in [0.29, 0.717) is 18.9 Å². The van der Waals surface area contributed by atoms with Crippen LogP contribution in [0.25, 0.3) is 17.2 Å². The minimum absolute atomic E-state index is 0.122. The lowest BCUT2D eigenvalue weighted by Crippen LogP contribution is -2.36. The molecule has 0 amide bonds. The number of hydrogen-bond acceptors (Lipinski definition) is 6. The second-order valence-corrected chi connectivity index (χ2v) is 9.26. The summed E-state index contributed by atoms with van der Waals surface area (Å²) in [5, 5.41) is 27.6. The molecular weight excluding hydrogens is 468 g/mol. The van der Waals surface area contributed by atoms with Crippen LogP contribution < -0.4 is 11.0 Å². The molecule has 3 N–H and O–H groups in total. The van der Waals surface area contributed by atoms with Gasteiger partial charge in [0, 0.05) is 42.3 Å². The average molecular weight is 501 g/mol. The monoisotopic (exact) mass is 500 g/mol. The molecule has 0 atom stereocenters. The fraction of sp³-hybridized carbons (Fsp3) is 0.333. The number of aliphatic hydroxyl groups excluding tert-OH is 1. The van der Waals surface area contributed by atoms with Gasteiger partial charge in [0.05, 0.1) is 12.0 Å². The number of aromatic amines is 1. The van der Waals surface area contributed by atoms with E-state index >= 15 is 0 Å². The second-order valence-electron chi connectivity index (χ2n) is 9.26. The number of nitrogens with zero attached hydrogens (tertiary/aromatic N) is 6. The summed E-state index contributed by atoms with van der Waals surface area (Å²) in [6, 6.07) is 9.90. The highest BCUT2D eigenvalue weighted by Gasteiger charge is 2.32. The van der Waals surface area contributed by atoms with Crippen molar-refractivity contribution < 1.29 is 5.11 Å². The van der Waals surface area contributed by atoms with Crippen LogP contribution in [0.5, 0.6) is 0 Å². The summed E-state index contributed by atoms with van der Waals surface area (Å²) in [7, 11) is 0. The Morgan fingerprint density at radius 1 is 1.14 bits per heavy atom. The molecule has 192 valence electrons. The van der Waals surface area contributed by atoms with Crippen LogP contribution in [0.15, 0.2) is 72.1 Å². The largest absolute Gasteiger partial charge is 0.392 e. The van der Waals surface area contributed by atoms with Crippen molar-refractivity contribution in [2.45, 2.75) is 58.2 Å². The van der Waals surface area contributed by atoms with Gasteiger partial charge in [-0.3, -0.25) is 9.13 Å². The van der Waals surface area contributed by atoms with Gasteiger partial charge in [0.15, 0.2) is 0 Å². The first-order chi connectivity index (χ1) is 18.1. The first kappa shape index (κ1) is 24.5. The highest BCUT2D eigenvalue weighted by atomic mass is 16.3. The normalized spacial score (nSPS) is 14.2. The van der Waals surface area contributed by atoms with Crippen LogP contribution in [-0.4, -0.2) is 39.4 Å². The minimum atomic E-state index is -0.575. The van der Waals surface area contributed by atoms with Crippen molar-refractivity contribution >= 4 is 0 Å². The first-order valence-electron chi connectivity index (χ1n) is 12.7. The zero-order valence-electron chi connectivity index (χ0n) is 21.1. The number of imidazole rings is 1. The second kappa shape index (κ2) is 10.4. The average Bonchev–Trinajstić information content (AvgIpc) is 3.68. The molecule has 10 heteroatoms. The Morgan fingerprint density at radius 2 is 1.97 bits per heavy atom. The summed E-state index contributed by atoms with van der Waals surface area (Å²) in [5.41, 5.74) is 2.85. The molecule has 4 aromatic rings. The predicted molar refractivity (Wildman–Crippen MR) is 141 cm³/mol. The van der Waals surface area contributed by atoms with E-state index in [1.807, 2.05) is 65.1 Å². The van der Waals surface area contributed by atoms with Crippen molar-refractivity contribution in [3.8, 4) is 17.2 Å².